The number of benzene rings is 1. The Kier molecular flexibility index (Phi) is 4.57. The van der Waals surface area contributed by atoms with Crippen molar-refractivity contribution >= 4 is 34.2 Å². The normalized spacial score (nSPS) is 11.4. The summed E-state index contributed by atoms with van der Waals surface area (Å²) in [5.41, 5.74) is 6.53. The third-order valence-corrected chi connectivity index (χ3v) is 2.83. The van der Waals surface area contributed by atoms with Crippen LogP contribution in [0.15, 0.2) is 12.1 Å². The number of ether oxygens (including phenoxy) is 2. The molecule has 1 rings (SSSR count). The van der Waals surface area contributed by atoms with Crippen LogP contribution >= 0.6 is 22.6 Å². The summed E-state index contributed by atoms with van der Waals surface area (Å²) in [6.45, 7) is 1.57. The van der Waals surface area contributed by atoms with E-state index in [1.165, 1.54) is 13.2 Å². The Labute approximate surface area is 113 Å². The minimum Gasteiger partial charge on any atom is -0.476 e. The zero-order valence-electron chi connectivity index (χ0n) is 9.36. The molecule has 17 heavy (non-hydrogen) atoms. The highest BCUT2D eigenvalue weighted by atomic mass is 127. The summed E-state index contributed by atoms with van der Waals surface area (Å²) in [7, 11) is 1.29. The second-order valence-corrected chi connectivity index (χ2v) is 4.43. The molecule has 6 heteroatoms. The fourth-order valence-corrected chi connectivity index (χ4v) is 1.97. The van der Waals surface area contributed by atoms with Crippen LogP contribution in [0.5, 0.6) is 5.75 Å². The van der Waals surface area contributed by atoms with Gasteiger partial charge in [0.05, 0.1) is 28.0 Å². The molecule has 0 saturated heterocycles. The highest BCUT2D eigenvalue weighted by Gasteiger charge is 2.18. The van der Waals surface area contributed by atoms with E-state index >= 15 is 0 Å². The Hall–Kier alpha value is -1.49. The molecule has 1 unspecified atom stereocenters. The number of carbonyl (C=O) groups excluding carboxylic acids is 1. The molecule has 0 spiro atoms. The van der Waals surface area contributed by atoms with Gasteiger partial charge in [0.25, 0.3) is 0 Å². The Balaban J connectivity index is 3.00. The first-order valence-corrected chi connectivity index (χ1v) is 5.81. The summed E-state index contributed by atoms with van der Waals surface area (Å²) in [5.74, 6) is -0.0907. The molecule has 0 aliphatic rings. The summed E-state index contributed by atoms with van der Waals surface area (Å²) >= 11 is 2.00. The van der Waals surface area contributed by atoms with E-state index in [0.29, 0.717) is 20.6 Å². The predicted octanol–water partition coefficient (Wildman–Crippen LogP) is 1.69. The number of esters is 1. The number of nitrogens with two attached hydrogens (primary N) is 1. The van der Waals surface area contributed by atoms with Crippen molar-refractivity contribution in [3.05, 3.63) is 21.3 Å². The Morgan fingerprint density at radius 2 is 2.24 bits per heavy atom. The Morgan fingerprint density at radius 3 is 2.71 bits per heavy atom. The maximum atomic E-state index is 11.2. The van der Waals surface area contributed by atoms with Crippen LogP contribution < -0.4 is 10.5 Å². The SMILES string of the molecule is COC(=O)C(C)Oc1c(N)cc(C#N)cc1I. The van der Waals surface area contributed by atoms with Gasteiger partial charge in [-0.05, 0) is 41.6 Å². The number of methoxy groups -OCH3 is 1. The fourth-order valence-electron chi connectivity index (χ4n) is 1.19. The van der Waals surface area contributed by atoms with Crippen molar-refractivity contribution < 1.29 is 14.3 Å². The standard InChI is InChI=1S/C11H11IN2O3/c1-6(11(15)16-2)17-10-8(12)3-7(5-13)4-9(10)14/h3-4,6H,14H2,1-2H3. The molecule has 1 atom stereocenters. The Bertz CT molecular complexity index is 459. The molecule has 0 aliphatic carbocycles. The van der Waals surface area contributed by atoms with Gasteiger partial charge >= 0.3 is 5.97 Å². The van der Waals surface area contributed by atoms with Gasteiger partial charge in [0.2, 0.25) is 0 Å². The number of rotatable bonds is 3. The van der Waals surface area contributed by atoms with E-state index in [4.69, 9.17) is 15.7 Å². The van der Waals surface area contributed by atoms with Crippen LogP contribution in [0.25, 0.3) is 0 Å². The average Bonchev–Trinajstić information content (AvgIpc) is 2.31. The number of anilines is 1. The zero-order valence-corrected chi connectivity index (χ0v) is 11.5. The zero-order chi connectivity index (χ0) is 13.0. The van der Waals surface area contributed by atoms with Crippen molar-refractivity contribution in [2.45, 2.75) is 13.0 Å². The summed E-state index contributed by atoms with van der Waals surface area (Å²) in [6, 6.07) is 5.13. The van der Waals surface area contributed by atoms with Gasteiger partial charge in [-0.3, -0.25) is 0 Å². The van der Waals surface area contributed by atoms with E-state index in [9.17, 15) is 4.79 Å². The van der Waals surface area contributed by atoms with Crippen molar-refractivity contribution in [2.24, 2.45) is 0 Å². The van der Waals surface area contributed by atoms with Gasteiger partial charge in [-0.1, -0.05) is 0 Å². The topological polar surface area (TPSA) is 85.3 Å². The lowest BCUT2D eigenvalue weighted by molar-refractivity contribution is -0.147. The Morgan fingerprint density at radius 1 is 1.59 bits per heavy atom. The summed E-state index contributed by atoms with van der Waals surface area (Å²) in [5, 5.41) is 8.76. The van der Waals surface area contributed by atoms with Crippen LogP contribution in [-0.4, -0.2) is 19.2 Å². The van der Waals surface area contributed by atoms with Crippen molar-refractivity contribution in [3.8, 4) is 11.8 Å². The first kappa shape index (κ1) is 13.6. The molecule has 0 radical (unpaired) electrons. The molecule has 0 amide bonds. The number of nitrogen functional groups attached to an aromatic ring is 1. The van der Waals surface area contributed by atoms with Gasteiger partial charge in [0.15, 0.2) is 11.9 Å². The minimum atomic E-state index is -0.747. The smallest absolute Gasteiger partial charge is 0.346 e. The van der Waals surface area contributed by atoms with Gasteiger partial charge in [-0.2, -0.15) is 5.26 Å². The number of hydrogen-bond acceptors (Lipinski definition) is 5. The van der Waals surface area contributed by atoms with E-state index in [1.807, 2.05) is 28.7 Å². The molecule has 0 fully saturated rings. The van der Waals surface area contributed by atoms with Crippen molar-refractivity contribution in [3.63, 3.8) is 0 Å². The van der Waals surface area contributed by atoms with Crippen LogP contribution in [0.3, 0.4) is 0 Å². The number of nitrogens with zero attached hydrogens (tertiary/aromatic N) is 1. The molecular weight excluding hydrogens is 335 g/mol. The molecule has 0 heterocycles. The third kappa shape index (κ3) is 3.23. The predicted molar refractivity (Wildman–Crippen MR) is 70.4 cm³/mol. The summed E-state index contributed by atoms with van der Waals surface area (Å²) < 4.78 is 10.6. The first-order chi connectivity index (χ1) is 7.99. The van der Waals surface area contributed by atoms with Crippen LogP contribution in [-0.2, 0) is 9.53 Å². The van der Waals surface area contributed by atoms with E-state index in [-0.39, 0.29) is 0 Å². The second kappa shape index (κ2) is 5.72. The van der Waals surface area contributed by atoms with Crippen molar-refractivity contribution in [2.75, 3.05) is 12.8 Å². The van der Waals surface area contributed by atoms with Crippen LogP contribution in [0, 0.1) is 14.9 Å². The van der Waals surface area contributed by atoms with Crippen LogP contribution in [0.4, 0.5) is 5.69 Å². The van der Waals surface area contributed by atoms with Gasteiger partial charge in [-0.25, -0.2) is 4.79 Å². The summed E-state index contributed by atoms with van der Waals surface area (Å²) in [6.07, 6.45) is -0.747. The average molecular weight is 346 g/mol. The van der Waals surface area contributed by atoms with Gasteiger partial charge in [-0.15, -0.1) is 0 Å². The van der Waals surface area contributed by atoms with E-state index in [1.54, 1.807) is 13.0 Å². The fraction of sp³-hybridized carbons (Fsp3) is 0.273. The highest BCUT2D eigenvalue weighted by molar-refractivity contribution is 14.1. The van der Waals surface area contributed by atoms with Crippen molar-refractivity contribution in [1.82, 2.24) is 0 Å². The van der Waals surface area contributed by atoms with Gasteiger partial charge < -0.3 is 15.2 Å². The van der Waals surface area contributed by atoms with Crippen LogP contribution in [0.1, 0.15) is 12.5 Å². The van der Waals surface area contributed by atoms with Gasteiger partial charge in [0.1, 0.15) is 0 Å². The molecule has 0 aliphatic heterocycles. The van der Waals surface area contributed by atoms with Crippen LogP contribution in [0.2, 0.25) is 0 Å². The second-order valence-electron chi connectivity index (χ2n) is 3.27. The molecular formula is C11H11IN2O3. The lowest BCUT2D eigenvalue weighted by Gasteiger charge is -2.15. The van der Waals surface area contributed by atoms with E-state index in [0.717, 1.165) is 0 Å². The molecule has 1 aromatic rings. The molecule has 1 aromatic carbocycles. The molecule has 2 N–H and O–H groups in total. The molecule has 0 saturated carbocycles. The highest BCUT2D eigenvalue weighted by Crippen LogP contribution is 2.30. The quantitative estimate of drug-likeness (QED) is 0.511. The number of carbonyl (C=O) groups is 1. The number of halogens is 1. The van der Waals surface area contributed by atoms with Gasteiger partial charge in [0, 0.05) is 0 Å². The molecule has 90 valence electrons. The summed E-state index contributed by atoms with van der Waals surface area (Å²) in [4.78, 5) is 11.2. The molecule has 0 bridgehead atoms. The maximum Gasteiger partial charge on any atom is 0.346 e. The lowest BCUT2D eigenvalue weighted by Crippen LogP contribution is -2.25. The largest absolute Gasteiger partial charge is 0.476 e. The first-order valence-electron chi connectivity index (χ1n) is 4.73. The van der Waals surface area contributed by atoms with E-state index < -0.39 is 12.1 Å². The third-order valence-electron chi connectivity index (χ3n) is 2.03. The number of nitriles is 1. The maximum absolute atomic E-state index is 11.2. The van der Waals surface area contributed by atoms with E-state index in [2.05, 4.69) is 4.74 Å². The number of hydrogen-bond donors (Lipinski definition) is 1. The molecule has 0 aromatic heterocycles. The monoisotopic (exact) mass is 346 g/mol. The molecule has 5 nitrogen and oxygen atoms in total. The van der Waals surface area contributed by atoms with Crippen molar-refractivity contribution in [1.29, 1.82) is 5.26 Å². The minimum absolute atomic E-state index is 0.323. The lowest BCUT2D eigenvalue weighted by atomic mass is 10.2.